The lowest BCUT2D eigenvalue weighted by atomic mass is 9.98. The van der Waals surface area contributed by atoms with Gasteiger partial charge in [-0.15, -0.1) is 45.3 Å². The van der Waals surface area contributed by atoms with Gasteiger partial charge in [-0.25, -0.2) is 0 Å². The number of thiophene rings is 4. The van der Waals surface area contributed by atoms with E-state index in [9.17, 15) is 20.1 Å². The lowest BCUT2D eigenvalue weighted by Gasteiger charge is -2.29. The summed E-state index contributed by atoms with van der Waals surface area (Å²) in [5, 5.41) is 18.9. The van der Waals surface area contributed by atoms with Gasteiger partial charge in [-0.1, -0.05) is 66.2 Å². The maximum absolute atomic E-state index is 14.9. The molecule has 0 fully saturated rings. The van der Waals surface area contributed by atoms with Gasteiger partial charge in [0.05, 0.1) is 32.3 Å². The first kappa shape index (κ1) is 36.0. The summed E-state index contributed by atoms with van der Waals surface area (Å²) in [4.78, 5) is 40.8. The van der Waals surface area contributed by atoms with Gasteiger partial charge in [0.2, 0.25) is 0 Å². The highest BCUT2D eigenvalue weighted by Crippen LogP contribution is 2.51. The average molecular weight is 739 g/mol. The molecule has 0 bridgehead atoms. The van der Waals surface area contributed by atoms with Crippen molar-refractivity contribution in [3.63, 3.8) is 0 Å². The third-order valence-electron chi connectivity index (χ3n) is 9.75. The van der Waals surface area contributed by atoms with Crippen LogP contribution in [0.5, 0.6) is 0 Å². The van der Waals surface area contributed by atoms with Crippen LogP contribution in [0.1, 0.15) is 98.6 Å². The number of hydrogen-bond donors (Lipinski definition) is 0. The van der Waals surface area contributed by atoms with Crippen molar-refractivity contribution in [2.45, 2.75) is 79.1 Å². The van der Waals surface area contributed by atoms with E-state index >= 15 is 0 Å². The van der Waals surface area contributed by atoms with Gasteiger partial charge >= 0.3 is 0 Å². The Hall–Kier alpha value is -3.80. The van der Waals surface area contributed by atoms with Gasteiger partial charge in [0.25, 0.3) is 11.8 Å². The molecule has 2 aliphatic rings. The van der Waals surface area contributed by atoms with Crippen LogP contribution >= 0.6 is 45.3 Å². The van der Waals surface area contributed by atoms with Crippen LogP contribution in [-0.2, 0) is 9.59 Å². The van der Waals surface area contributed by atoms with Gasteiger partial charge in [-0.3, -0.25) is 9.59 Å². The lowest BCUT2D eigenvalue weighted by Crippen LogP contribution is -2.34. The number of nitriles is 2. The van der Waals surface area contributed by atoms with Crippen molar-refractivity contribution < 1.29 is 9.59 Å². The van der Waals surface area contributed by atoms with Crippen molar-refractivity contribution in [3.05, 3.63) is 79.2 Å². The third-order valence-corrected chi connectivity index (χ3v) is 14.3. The third kappa shape index (κ3) is 7.05. The minimum Gasteiger partial charge on any atom is -0.306 e. The largest absolute Gasteiger partial charge is 0.306 e. The Balaban J connectivity index is 1.51. The van der Waals surface area contributed by atoms with Gasteiger partial charge in [0, 0.05) is 32.6 Å². The summed E-state index contributed by atoms with van der Waals surface area (Å²) in [5.41, 5.74) is 2.51. The van der Waals surface area contributed by atoms with E-state index in [2.05, 4.69) is 52.0 Å². The molecule has 50 heavy (non-hydrogen) atoms. The van der Waals surface area contributed by atoms with E-state index in [1.807, 2.05) is 46.2 Å². The van der Waals surface area contributed by atoms with Crippen LogP contribution in [0.25, 0.3) is 30.9 Å². The van der Waals surface area contributed by atoms with Crippen LogP contribution < -0.4 is 0 Å². The molecule has 4 aromatic heterocycles. The van der Waals surface area contributed by atoms with Crippen molar-refractivity contribution in [3.8, 4) is 31.6 Å². The van der Waals surface area contributed by atoms with Gasteiger partial charge in [0.1, 0.15) is 21.9 Å². The predicted molar refractivity (Wildman–Crippen MR) is 209 cm³/mol. The van der Waals surface area contributed by atoms with Crippen molar-refractivity contribution in [1.29, 1.82) is 10.5 Å². The van der Waals surface area contributed by atoms with Crippen molar-refractivity contribution in [2.75, 3.05) is 13.1 Å². The molecule has 10 heteroatoms. The summed E-state index contributed by atoms with van der Waals surface area (Å²) in [6.07, 6.45) is 8.35. The number of unbranched alkanes of at least 4 members (excludes halogenated alkanes) is 2. The molecule has 6 nitrogen and oxygen atoms in total. The zero-order chi connectivity index (χ0) is 35.4. The Morgan fingerprint density at radius 2 is 0.920 bits per heavy atom. The summed E-state index contributed by atoms with van der Waals surface area (Å²) in [6.45, 7) is 9.91. The van der Waals surface area contributed by atoms with E-state index in [0.717, 1.165) is 92.0 Å². The van der Waals surface area contributed by atoms with E-state index in [1.54, 1.807) is 22.7 Å². The highest BCUT2D eigenvalue weighted by atomic mass is 32.1. The van der Waals surface area contributed by atoms with Gasteiger partial charge < -0.3 is 9.80 Å². The smallest absolute Gasteiger partial charge is 0.261 e. The molecule has 6 heterocycles. The molecule has 2 unspecified atom stereocenters. The first-order chi connectivity index (χ1) is 24.3. The first-order valence-electron chi connectivity index (χ1n) is 17.7. The monoisotopic (exact) mass is 738 g/mol. The van der Waals surface area contributed by atoms with Crippen LogP contribution in [0.15, 0.2) is 59.7 Å². The number of rotatable bonds is 16. The van der Waals surface area contributed by atoms with Crippen LogP contribution in [0.2, 0.25) is 0 Å². The number of fused-ring (bicyclic) bond motifs is 1. The predicted octanol–water partition coefficient (Wildman–Crippen LogP) is 11.2. The molecule has 2 amide bonds. The second-order valence-electron chi connectivity index (χ2n) is 13.0. The second-order valence-corrected chi connectivity index (χ2v) is 17.3. The molecule has 0 spiro atoms. The normalized spacial score (nSPS) is 15.6. The van der Waals surface area contributed by atoms with Gasteiger partial charge in [0.15, 0.2) is 0 Å². The molecule has 2 atom stereocenters. The summed E-state index contributed by atoms with van der Waals surface area (Å²) in [5.74, 6) is 0.457. The fourth-order valence-electron chi connectivity index (χ4n) is 6.86. The van der Waals surface area contributed by atoms with E-state index in [-0.39, 0.29) is 11.8 Å². The lowest BCUT2D eigenvalue weighted by molar-refractivity contribution is -0.124. The van der Waals surface area contributed by atoms with E-state index < -0.39 is 0 Å². The summed E-state index contributed by atoms with van der Waals surface area (Å²) in [7, 11) is 0. The maximum Gasteiger partial charge on any atom is 0.261 e. The highest BCUT2D eigenvalue weighted by Gasteiger charge is 2.50. The van der Waals surface area contributed by atoms with E-state index in [0.29, 0.717) is 45.8 Å². The SMILES string of the molecule is CCCCC(CC)CN1C(=O)C2=C(c3ccc(-c4ccc(C#N)s4)s3)N(CC(CC)CCCC)C(=O)C2=C1c1ccc(-c2ccc(C#N)s2)s1. The Morgan fingerprint density at radius 1 is 0.560 bits per heavy atom. The molecule has 0 aliphatic carbocycles. The quantitative estimate of drug-likeness (QED) is 0.114. The summed E-state index contributed by atoms with van der Waals surface area (Å²) >= 11 is 6.08. The van der Waals surface area contributed by atoms with Gasteiger partial charge in [-0.2, -0.15) is 10.5 Å². The summed E-state index contributed by atoms with van der Waals surface area (Å²) < 4.78 is 0. The molecule has 4 aromatic rings. The molecule has 2 aliphatic heterocycles. The van der Waals surface area contributed by atoms with Crippen LogP contribution in [0.4, 0.5) is 0 Å². The van der Waals surface area contributed by atoms with Crippen molar-refractivity contribution in [2.24, 2.45) is 11.8 Å². The van der Waals surface area contributed by atoms with Crippen LogP contribution in [0.3, 0.4) is 0 Å². The average Bonchev–Trinajstić information content (AvgIpc) is 3.98. The first-order valence-corrected chi connectivity index (χ1v) is 21.0. The molecule has 0 radical (unpaired) electrons. The molecule has 0 N–H and O–H groups in total. The molecule has 258 valence electrons. The Morgan fingerprint density at radius 3 is 1.26 bits per heavy atom. The highest BCUT2D eigenvalue weighted by molar-refractivity contribution is 7.23. The van der Waals surface area contributed by atoms with Crippen molar-refractivity contribution >= 4 is 68.6 Å². The van der Waals surface area contributed by atoms with Crippen LogP contribution in [-0.4, -0.2) is 34.7 Å². The second kappa shape index (κ2) is 16.0. The topological polar surface area (TPSA) is 88.2 Å². The number of nitrogens with zero attached hydrogens (tertiary/aromatic N) is 4. The number of amides is 2. The molecular weight excluding hydrogens is 697 g/mol. The summed E-state index contributed by atoms with van der Waals surface area (Å²) in [6, 6.07) is 20.3. The minimum atomic E-state index is -0.0897. The number of hydrogen-bond acceptors (Lipinski definition) is 8. The standard InChI is InChI=1S/C40H42N4O2S4/c1-5-9-11-25(7-3)23-43-37(33-19-17-31(49-33)29-15-13-27(21-41)47-29)35-36(39(43)45)38(44(40(35)46)24-26(8-4)12-10-6-2)34-20-18-32(50-34)30-16-14-28(22-42)48-30/h13-20,25-26H,5-12,23-24H2,1-4H3. The van der Waals surface area contributed by atoms with E-state index in [4.69, 9.17) is 0 Å². The zero-order valence-electron chi connectivity index (χ0n) is 29.1. The Labute approximate surface area is 311 Å². The molecule has 0 aromatic carbocycles. The number of carbonyl (C=O) groups is 2. The Kier molecular flexibility index (Phi) is 11.6. The zero-order valence-corrected chi connectivity index (χ0v) is 32.3. The van der Waals surface area contributed by atoms with Crippen LogP contribution in [0, 0.1) is 34.5 Å². The minimum absolute atomic E-state index is 0.0897. The fraction of sp³-hybridized carbons (Fsp3) is 0.400. The molecule has 6 rings (SSSR count). The van der Waals surface area contributed by atoms with E-state index in [1.165, 1.54) is 22.7 Å². The molecular formula is C40H42N4O2S4. The fourth-order valence-corrected chi connectivity index (χ4v) is 10.8. The molecule has 0 saturated carbocycles. The Bertz CT molecular complexity index is 1880. The molecule has 0 saturated heterocycles. The maximum atomic E-state index is 14.9. The van der Waals surface area contributed by atoms with Crippen molar-refractivity contribution in [1.82, 2.24) is 9.80 Å². The van der Waals surface area contributed by atoms with Gasteiger partial charge in [-0.05, 0) is 73.2 Å². The number of carbonyl (C=O) groups excluding carboxylic acids is 2.